The molecule has 0 saturated carbocycles. The van der Waals surface area contributed by atoms with E-state index in [1.165, 1.54) is 0 Å². The highest BCUT2D eigenvalue weighted by atomic mass is 15.2. The SMILES string of the molecule is C#Cc1ccc(-c2cnn(C)c2)nc1. The monoisotopic (exact) mass is 183 g/mol. The molecule has 0 unspecified atom stereocenters. The Labute approximate surface area is 82.4 Å². The Bertz CT molecular complexity index is 474. The maximum Gasteiger partial charge on any atom is 0.0734 e. The number of pyridine rings is 1. The molecule has 0 atom stereocenters. The van der Waals surface area contributed by atoms with E-state index in [1.807, 2.05) is 25.4 Å². The molecular formula is C11H9N3. The number of nitrogens with zero attached hydrogens (tertiary/aromatic N) is 3. The second-order valence-electron chi connectivity index (χ2n) is 2.98. The van der Waals surface area contributed by atoms with E-state index in [4.69, 9.17) is 6.42 Å². The van der Waals surface area contributed by atoms with Crippen molar-refractivity contribution in [2.24, 2.45) is 7.05 Å². The minimum absolute atomic E-state index is 0.789. The van der Waals surface area contributed by atoms with Gasteiger partial charge in [0, 0.05) is 30.6 Å². The fourth-order valence-electron chi connectivity index (χ4n) is 1.20. The molecule has 0 aromatic carbocycles. The van der Waals surface area contributed by atoms with E-state index in [0.717, 1.165) is 16.8 Å². The Hall–Kier alpha value is -2.08. The molecule has 2 rings (SSSR count). The summed E-state index contributed by atoms with van der Waals surface area (Å²) in [5, 5.41) is 4.07. The van der Waals surface area contributed by atoms with E-state index in [2.05, 4.69) is 16.0 Å². The van der Waals surface area contributed by atoms with Gasteiger partial charge in [-0.05, 0) is 12.1 Å². The summed E-state index contributed by atoms with van der Waals surface area (Å²) in [4.78, 5) is 4.24. The third-order valence-corrected chi connectivity index (χ3v) is 1.93. The Balaban J connectivity index is 2.39. The van der Waals surface area contributed by atoms with Crippen molar-refractivity contribution in [3.63, 3.8) is 0 Å². The van der Waals surface area contributed by atoms with Gasteiger partial charge in [0.2, 0.25) is 0 Å². The van der Waals surface area contributed by atoms with E-state index in [-0.39, 0.29) is 0 Å². The van der Waals surface area contributed by atoms with Crippen LogP contribution in [0, 0.1) is 12.3 Å². The normalized spacial score (nSPS) is 9.71. The average Bonchev–Trinajstić information content (AvgIpc) is 2.65. The predicted molar refractivity (Wildman–Crippen MR) is 54.4 cm³/mol. The largest absolute Gasteiger partial charge is 0.275 e. The fourth-order valence-corrected chi connectivity index (χ4v) is 1.20. The van der Waals surface area contributed by atoms with E-state index in [0.29, 0.717) is 0 Å². The van der Waals surface area contributed by atoms with Crippen molar-refractivity contribution in [1.29, 1.82) is 0 Å². The standard InChI is InChI=1S/C11H9N3/c1-3-9-4-5-11(12-6-9)10-7-13-14(2)8-10/h1,4-8H,2H3. The molecule has 2 heterocycles. The van der Waals surface area contributed by atoms with Crippen LogP contribution in [0.3, 0.4) is 0 Å². The molecule has 3 heteroatoms. The average molecular weight is 183 g/mol. The van der Waals surface area contributed by atoms with Crippen LogP contribution in [0.25, 0.3) is 11.3 Å². The fraction of sp³-hybridized carbons (Fsp3) is 0.0909. The molecule has 0 N–H and O–H groups in total. The Morgan fingerprint density at radius 2 is 2.21 bits per heavy atom. The lowest BCUT2D eigenvalue weighted by molar-refractivity contribution is 0.768. The molecule has 3 nitrogen and oxygen atoms in total. The van der Waals surface area contributed by atoms with Gasteiger partial charge in [-0.3, -0.25) is 9.67 Å². The molecule has 0 fully saturated rings. The summed E-state index contributed by atoms with van der Waals surface area (Å²) < 4.78 is 1.74. The van der Waals surface area contributed by atoms with Crippen molar-refractivity contribution in [1.82, 2.24) is 14.8 Å². The van der Waals surface area contributed by atoms with Crippen LogP contribution in [-0.4, -0.2) is 14.8 Å². The van der Waals surface area contributed by atoms with Crippen molar-refractivity contribution in [2.75, 3.05) is 0 Å². The van der Waals surface area contributed by atoms with Crippen LogP contribution in [0.1, 0.15) is 5.56 Å². The van der Waals surface area contributed by atoms with Gasteiger partial charge in [0.1, 0.15) is 0 Å². The molecule has 2 aromatic heterocycles. The molecule has 2 aromatic rings. The third kappa shape index (κ3) is 1.50. The van der Waals surface area contributed by atoms with Crippen molar-refractivity contribution in [3.8, 4) is 23.6 Å². The molecule has 0 spiro atoms. The molecule has 0 radical (unpaired) electrons. The molecule has 0 saturated heterocycles. The third-order valence-electron chi connectivity index (χ3n) is 1.93. The van der Waals surface area contributed by atoms with Crippen LogP contribution < -0.4 is 0 Å². The number of hydrogen-bond donors (Lipinski definition) is 0. The molecule has 68 valence electrons. The number of hydrogen-bond acceptors (Lipinski definition) is 2. The van der Waals surface area contributed by atoms with E-state index in [9.17, 15) is 0 Å². The smallest absolute Gasteiger partial charge is 0.0734 e. The first-order valence-electron chi connectivity index (χ1n) is 4.21. The van der Waals surface area contributed by atoms with E-state index in [1.54, 1.807) is 17.1 Å². The van der Waals surface area contributed by atoms with Crippen molar-refractivity contribution >= 4 is 0 Å². The lowest BCUT2D eigenvalue weighted by atomic mass is 10.2. The van der Waals surface area contributed by atoms with Gasteiger partial charge in [-0.15, -0.1) is 6.42 Å². The van der Waals surface area contributed by atoms with Gasteiger partial charge in [-0.25, -0.2) is 0 Å². The Morgan fingerprint density at radius 3 is 2.71 bits per heavy atom. The minimum Gasteiger partial charge on any atom is -0.275 e. The van der Waals surface area contributed by atoms with Crippen LogP contribution in [0.4, 0.5) is 0 Å². The van der Waals surface area contributed by atoms with Gasteiger partial charge >= 0.3 is 0 Å². The zero-order valence-corrected chi connectivity index (χ0v) is 7.81. The van der Waals surface area contributed by atoms with Crippen LogP contribution in [0.2, 0.25) is 0 Å². The second-order valence-corrected chi connectivity index (χ2v) is 2.98. The molecule has 0 aliphatic rings. The summed E-state index contributed by atoms with van der Waals surface area (Å²) in [5.41, 5.74) is 2.67. The second kappa shape index (κ2) is 3.35. The van der Waals surface area contributed by atoms with Crippen LogP contribution in [-0.2, 0) is 7.05 Å². The van der Waals surface area contributed by atoms with E-state index < -0.39 is 0 Å². The quantitative estimate of drug-likeness (QED) is 0.627. The van der Waals surface area contributed by atoms with Crippen LogP contribution >= 0.6 is 0 Å². The van der Waals surface area contributed by atoms with Crippen molar-refractivity contribution in [2.45, 2.75) is 0 Å². The lowest BCUT2D eigenvalue weighted by Crippen LogP contribution is -1.85. The van der Waals surface area contributed by atoms with Gasteiger partial charge < -0.3 is 0 Å². The molecule has 14 heavy (non-hydrogen) atoms. The highest BCUT2D eigenvalue weighted by Crippen LogP contribution is 2.14. The minimum atomic E-state index is 0.789. The zero-order valence-electron chi connectivity index (χ0n) is 7.81. The van der Waals surface area contributed by atoms with Gasteiger partial charge in [0.05, 0.1) is 11.9 Å². The summed E-state index contributed by atoms with van der Waals surface area (Å²) in [7, 11) is 1.87. The summed E-state index contributed by atoms with van der Waals surface area (Å²) >= 11 is 0. The molecule has 0 bridgehead atoms. The highest BCUT2D eigenvalue weighted by Gasteiger charge is 2.00. The number of terminal acetylenes is 1. The van der Waals surface area contributed by atoms with E-state index >= 15 is 0 Å². The number of aromatic nitrogens is 3. The maximum atomic E-state index is 5.24. The summed E-state index contributed by atoms with van der Waals surface area (Å²) in [5.74, 6) is 2.53. The van der Waals surface area contributed by atoms with Gasteiger partial charge in [-0.1, -0.05) is 5.92 Å². The Kier molecular flexibility index (Phi) is 2.04. The highest BCUT2D eigenvalue weighted by molar-refractivity contribution is 5.57. The number of aryl methyl sites for hydroxylation is 1. The zero-order chi connectivity index (χ0) is 9.97. The maximum absolute atomic E-state index is 5.24. The first-order valence-corrected chi connectivity index (χ1v) is 4.21. The van der Waals surface area contributed by atoms with Crippen molar-refractivity contribution in [3.05, 3.63) is 36.3 Å². The Morgan fingerprint density at radius 1 is 1.36 bits per heavy atom. The summed E-state index contributed by atoms with van der Waals surface area (Å²) in [6, 6.07) is 3.77. The van der Waals surface area contributed by atoms with Gasteiger partial charge in [0.25, 0.3) is 0 Å². The first kappa shape index (κ1) is 8.52. The predicted octanol–water partition coefficient (Wildman–Crippen LogP) is 1.46. The first-order chi connectivity index (χ1) is 6.79. The summed E-state index contributed by atoms with van der Waals surface area (Å²) in [6.07, 6.45) is 10.6. The lowest BCUT2D eigenvalue weighted by Gasteiger charge is -1.95. The number of rotatable bonds is 1. The van der Waals surface area contributed by atoms with Crippen molar-refractivity contribution < 1.29 is 0 Å². The van der Waals surface area contributed by atoms with Crippen LogP contribution in [0.5, 0.6) is 0 Å². The summed E-state index contributed by atoms with van der Waals surface area (Å²) in [6.45, 7) is 0. The molecule has 0 amide bonds. The molecule has 0 aliphatic carbocycles. The topological polar surface area (TPSA) is 30.7 Å². The van der Waals surface area contributed by atoms with Gasteiger partial charge in [0.15, 0.2) is 0 Å². The van der Waals surface area contributed by atoms with Gasteiger partial charge in [-0.2, -0.15) is 5.10 Å². The molecule has 0 aliphatic heterocycles. The molecular weight excluding hydrogens is 174 g/mol. The van der Waals surface area contributed by atoms with Crippen LogP contribution in [0.15, 0.2) is 30.7 Å².